The van der Waals surface area contributed by atoms with Crippen LogP contribution in [0.15, 0.2) is 67.3 Å². The highest BCUT2D eigenvalue weighted by molar-refractivity contribution is 5.82. The van der Waals surface area contributed by atoms with E-state index in [1.165, 1.54) is 5.56 Å². The van der Waals surface area contributed by atoms with E-state index in [9.17, 15) is 4.39 Å². The number of aryl methyl sites for hydroxylation is 1. The molecule has 0 radical (unpaired) electrons. The first kappa shape index (κ1) is 20.1. The second-order valence-electron chi connectivity index (χ2n) is 7.20. The molecule has 2 aromatic carbocycles. The van der Waals surface area contributed by atoms with Crippen molar-refractivity contribution < 1.29 is 9.13 Å². The Morgan fingerprint density at radius 2 is 1.93 bits per heavy atom. The van der Waals surface area contributed by atoms with Crippen LogP contribution >= 0.6 is 0 Å². The van der Waals surface area contributed by atoms with Gasteiger partial charge in [0.2, 0.25) is 0 Å². The van der Waals surface area contributed by atoms with E-state index in [0.29, 0.717) is 13.0 Å². The summed E-state index contributed by atoms with van der Waals surface area (Å²) < 4.78 is 18.8. The van der Waals surface area contributed by atoms with Gasteiger partial charge in [-0.15, -0.1) is 0 Å². The van der Waals surface area contributed by atoms with E-state index in [1.54, 1.807) is 13.0 Å². The molecule has 1 aromatic heterocycles. The summed E-state index contributed by atoms with van der Waals surface area (Å²) in [6.07, 6.45) is 5.72. The Balaban J connectivity index is 1.78. The molecule has 3 heteroatoms. The number of alkyl halides is 1. The third kappa shape index (κ3) is 5.41. The van der Waals surface area contributed by atoms with Crippen LogP contribution < -0.4 is 4.74 Å². The van der Waals surface area contributed by atoms with Gasteiger partial charge in [-0.2, -0.15) is 0 Å². The Bertz CT molecular complexity index is 919. The molecule has 0 saturated carbocycles. The number of ether oxygens (including phenoxy) is 1. The predicted octanol–water partition coefficient (Wildman–Crippen LogP) is 6.93. The maximum atomic E-state index is 12.9. The molecule has 1 unspecified atom stereocenters. The van der Waals surface area contributed by atoms with Crippen LogP contribution in [0.5, 0.6) is 5.75 Å². The lowest BCUT2D eigenvalue weighted by Gasteiger charge is -2.13. The molecular weight excluding hydrogens is 349 g/mol. The summed E-state index contributed by atoms with van der Waals surface area (Å²) in [5, 5.41) is 1.12. The molecule has 0 amide bonds. The fourth-order valence-electron chi connectivity index (χ4n) is 3.35. The standard InChI is InChI=1S/C25H28FNO/c1-3-17-28-25-18-20(10-6-4-5-9-19(2)26)13-15-22(25)24-16-14-21-11-7-8-12-23(21)27-24/h3,7-8,11-16,18-19H,1,4-6,9-10,17H2,2H3. The van der Waals surface area contributed by atoms with Crippen LogP contribution in [0.3, 0.4) is 0 Å². The van der Waals surface area contributed by atoms with E-state index in [2.05, 4.69) is 36.9 Å². The normalized spacial score (nSPS) is 12.1. The summed E-state index contributed by atoms with van der Waals surface area (Å²) in [5.41, 5.74) is 4.10. The lowest BCUT2D eigenvalue weighted by atomic mass is 10.0. The van der Waals surface area contributed by atoms with Gasteiger partial charge in [0, 0.05) is 10.9 Å². The summed E-state index contributed by atoms with van der Waals surface area (Å²) in [5.74, 6) is 0.831. The van der Waals surface area contributed by atoms with Crippen molar-refractivity contribution in [1.29, 1.82) is 0 Å². The monoisotopic (exact) mass is 377 g/mol. The van der Waals surface area contributed by atoms with Gasteiger partial charge < -0.3 is 4.74 Å². The number of para-hydroxylation sites is 1. The third-order valence-electron chi connectivity index (χ3n) is 4.84. The molecule has 0 spiro atoms. The molecular formula is C25H28FNO. The Morgan fingerprint density at radius 3 is 2.75 bits per heavy atom. The van der Waals surface area contributed by atoms with Crippen molar-refractivity contribution in [3.05, 3.63) is 72.8 Å². The molecule has 0 aliphatic rings. The Morgan fingerprint density at radius 1 is 1.07 bits per heavy atom. The van der Waals surface area contributed by atoms with Crippen molar-refractivity contribution >= 4 is 10.9 Å². The first-order chi connectivity index (χ1) is 13.7. The molecule has 3 aromatic rings. The quantitative estimate of drug-likeness (QED) is 0.282. The van der Waals surface area contributed by atoms with Crippen LogP contribution in [-0.2, 0) is 6.42 Å². The lowest BCUT2D eigenvalue weighted by Crippen LogP contribution is -1.98. The van der Waals surface area contributed by atoms with Crippen molar-refractivity contribution in [1.82, 2.24) is 4.98 Å². The number of rotatable bonds is 10. The zero-order valence-electron chi connectivity index (χ0n) is 16.5. The number of hydrogen-bond donors (Lipinski definition) is 0. The Hall–Kier alpha value is -2.68. The zero-order chi connectivity index (χ0) is 19.8. The van der Waals surface area contributed by atoms with Gasteiger partial charge in [0.1, 0.15) is 12.4 Å². The van der Waals surface area contributed by atoms with E-state index in [1.807, 2.05) is 24.3 Å². The van der Waals surface area contributed by atoms with Crippen LogP contribution in [0.1, 0.15) is 38.2 Å². The van der Waals surface area contributed by atoms with Crippen molar-refractivity contribution in [2.24, 2.45) is 0 Å². The van der Waals surface area contributed by atoms with Crippen LogP contribution in [0.2, 0.25) is 0 Å². The minimum absolute atomic E-state index is 0.457. The summed E-state index contributed by atoms with van der Waals surface area (Å²) in [7, 11) is 0. The summed E-state index contributed by atoms with van der Waals surface area (Å²) in [6, 6.07) is 18.6. The maximum absolute atomic E-state index is 12.9. The molecule has 0 bridgehead atoms. The molecule has 3 rings (SSSR count). The lowest BCUT2D eigenvalue weighted by molar-refractivity contribution is 0.330. The summed E-state index contributed by atoms with van der Waals surface area (Å²) in [4.78, 5) is 4.81. The number of benzene rings is 2. The molecule has 0 fully saturated rings. The topological polar surface area (TPSA) is 22.1 Å². The minimum atomic E-state index is -0.701. The number of fused-ring (bicyclic) bond motifs is 1. The average Bonchev–Trinajstić information content (AvgIpc) is 2.71. The Labute approximate surface area is 167 Å². The first-order valence-electron chi connectivity index (χ1n) is 10.0. The minimum Gasteiger partial charge on any atom is -0.489 e. The van der Waals surface area contributed by atoms with Gasteiger partial charge in [-0.3, -0.25) is 0 Å². The van der Waals surface area contributed by atoms with Crippen LogP contribution in [0.4, 0.5) is 4.39 Å². The molecule has 2 nitrogen and oxygen atoms in total. The highest BCUT2D eigenvalue weighted by Crippen LogP contribution is 2.31. The molecule has 1 heterocycles. The average molecular weight is 378 g/mol. The van der Waals surface area contributed by atoms with E-state index in [4.69, 9.17) is 9.72 Å². The SMILES string of the molecule is C=CCOc1cc(CCCCCC(C)F)ccc1-c1ccc2ccccc2n1. The number of hydrogen-bond acceptors (Lipinski definition) is 2. The zero-order valence-corrected chi connectivity index (χ0v) is 16.5. The van der Waals surface area contributed by atoms with E-state index < -0.39 is 6.17 Å². The molecule has 146 valence electrons. The van der Waals surface area contributed by atoms with Gasteiger partial charge in [0.25, 0.3) is 0 Å². The second-order valence-corrected chi connectivity index (χ2v) is 7.20. The maximum Gasteiger partial charge on any atom is 0.129 e. The summed E-state index contributed by atoms with van der Waals surface area (Å²) in [6.45, 7) is 5.84. The third-order valence-corrected chi connectivity index (χ3v) is 4.84. The van der Waals surface area contributed by atoms with Crippen molar-refractivity contribution in [3.8, 4) is 17.0 Å². The number of aromatic nitrogens is 1. The molecule has 0 aliphatic carbocycles. The number of nitrogens with zero attached hydrogens (tertiary/aromatic N) is 1. The van der Waals surface area contributed by atoms with Gasteiger partial charge >= 0.3 is 0 Å². The predicted molar refractivity (Wildman–Crippen MR) is 116 cm³/mol. The van der Waals surface area contributed by atoms with Gasteiger partial charge in [-0.1, -0.05) is 55.8 Å². The van der Waals surface area contributed by atoms with E-state index in [0.717, 1.165) is 53.6 Å². The smallest absolute Gasteiger partial charge is 0.129 e. The highest BCUT2D eigenvalue weighted by Gasteiger charge is 2.10. The Kier molecular flexibility index (Phi) is 7.18. The first-order valence-corrected chi connectivity index (χ1v) is 10.0. The van der Waals surface area contributed by atoms with E-state index in [-0.39, 0.29) is 0 Å². The fraction of sp³-hybridized carbons (Fsp3) is 0.320. The van der Waals surface area contributed by atoms with Gasteiger partial charge in [-0.25, -0.2) is 9.37 Å². The second kappa shape index (κ2) is 10.0. The molecule has 0 N–H and O–H groups in total. The fourth-order valence-corrected chi connectivity index (χ4v) is 3.35. The largest absolute Gasteiger partial charge is 0.489 e. The van der Waals surface area contributed by atoms with Gasteiger partial charge in [0.05, 0.1) is 17.4 Å². The van der Waals surface area contributed by atoms with Crippen LogP contribution in [0.25, 0.3) is 22.2 Å². The molecule has 0 saturated heterocycles. The van der Waals surface area contributed by atoms with Crippen molar-refractivity contribution in [3.63, 3.8) is 0 Å². The molecule has 1 atom stereocenters. The van der Waals surface area contributed by atoms with Gasteiger partial charge in [-0.05, 0) is 56.0 Å². The van der Waals surface area contributed by atoms with Gasteiger partial charge in [0.15, 0.2) is 0 Å². The van der Waals surface area contributed by atoms with Crippen molar-refractivity contribution in [2.75, 3.05) is 6.61 Å². The number of halogens is 1. The van der Waals surface area contributed by atoms with Crippen molar-refractivity contribution in [2.45, 2.75) is 45.2 Å². The van der Waals surface area contributed by atoms with E-state index >= 15 is 0 Å². The van der Waals surface area contributed by atoms with Crippen LogP contribution in [0, 0.1) is 0 Å². The summed E-state index contributed by atoms with van der Waals surface area (Å²) >= 11 is 0. The number of pyridine rings is 1. The molecule has 0 aliphatic heterocycles. The molecule has 28 heavy (non-hydrogen) atoms. The number of unbranched alkanes of at least 4 members (excludes halogenated alkanes) is 2. The van der Waals surface area contributed by atoms with Crippen LogP contribution in [-0.4, -0.2) is 17.8 Å². The highest BCUT2D eigenvalue weighted by atomic mass is 19.1.